The maximum Gasteiger partial charge on any atom is 0.338 e. The summed E-state index contributed by atoms with van der Waals surface area (Å²) in [5.41, 5.74) is 2.24. The molecule has 4 rings (SSSR count). The van der Waals surface area contributed by atoms with Crippen LogP contribution in [0.3, 0.4) is 0 Å². The van der Waals surface area contributed by atoms with Gasteiger partial charge < -0.3 is 14.2 Å². The molecule has 0 unspecified atom stereocenters. The van der Waals surface area contributed by atoms with Crippen LogP contribution in [0.5, 0.6) is 11.5 Å². The van der Waals surface area contributed by atoms with E-state index in [9.17, 15) is 9.59 Å². The highest BCUT2D eigenvalue weighted by atomic mass is 127. The lowest BCUT2D eigenvalue weighted by Gasteiger charge is -2.25. The molecule has 1 aromatic heterocycles. The molecule has 0 radical (unpaired) electrons. The van der Waals surface area contributed by atoms with E-state index in [1.54, 1.807) is 37.7 Å². The van der Waals surface area contributed by atoms with Crippen LogP contribution in [0, 0.1) is 3.57 Å². The van der Waals surface area contributed by atoms with Gasteiger partial charge >= 0.3 is 5.97 Å². The molecule has 0 saturated carbocycles. The molecular formula is C26H25IN2O5S. The van der Waals surface area contributed by atoms with Gasteiger partial charge in [0.05, 0.1) is 42.2 Å². The topological polar surface area (TPSA) is 79.1 Å². The van der Waals surface area contributed by atoms with Gasteiger partial charge in [0.15, 0.2) is 16.3 Å². The monoisotopic (exact) mass is 604 g/mol. The lowest BCUT2D eigenvalue weighted by Crippen LogP contribution is -2.40. The fraction of sp³-hybridized carbons (Fsp3) is 0.269. The zero-order valence-electron chi connectivity index (χ0n) is 19.8. The molecule has 9 heteroatoms. The van der Waals surface area contributed by atoms with E-state index in [0.717, 1.165) is 9.13 Å². The van der Waals surface area contributed by atoms with Gasteiger partial charge in [0.25, 0.3) is 5.56 Å². The van der Waals surface area contributed by atoms with E-state index < -0.39 is 12.0 Å². The second kappa shape index (κ2) is 10.8. The molecule has 182 valence electrons. The standard InChI is InChI=1S/C26H25IN2O5S/c1-5-33-20-14-17(9-12-19(20)32-4)23-22(25(31)34-6-2)15(3)28-26-29(23)24(30)21(35-26)13-16-7-10-18(27)11-8-16/h7-14,23H,5-6H2,1-4H3/b21-13-/t23-/m0/s1. The number of carbonyl (C=O) groups excluding carboxylic acids is 1. The SMILES string of the molecule is CCOC(=O)C1=C(C)N=c2s/c(=C\c3ccc(I)cc3)c(=O)n2[C@H]1c1ccc(OC)c(OCC)c1. The first-order valence-electron chi connectivity index (χ1n) is 11.1. The molecule has 2 aromatic carbocycles. The highest BCUT2D eigenvalue weighted by molar-refractivity contribution is 14.1. The van der Waals surface area contributed by atoms with Gasteiger partial charge in [-0.05, 0) is 84.8 Å². The van der Waals surface area contributed by atoms with Crippen molar-refractivity contribution in [1.29, 1.82) is 0 Å². The summed E-state index contributed by atoms with van der Waals surface area (Å²) < 4.78 is 19.8. The number of allylic oxidation sites excluding steroid dienone is 1. The summed E-state index contributed by atoms with van der Waals surface area (Å²) in [6, 6.07) is 12.6. The van der Waals surface area contributed by atoms with Crippen LogP contribution in [0.15, 0.2) is 63.5 Å². The molecule has 0 N–H and O–H groups in total. The quantitative estimate of drug-likeness (QED) is 0.303. The average Bonchev–Trinajstić information content (AvgIpc) is 3.14. The van der Waals surface area contributed by atoms with Crippen molar-refractivity contribution >= 4 is 46.0 Å². The molecule has 0 saturated heterocycles. The lowest BCUT2D eigenvalue weighted by molar-refractivity contribution is -0.139. The molecule has 0 amide bonds. The fourth-order valence-corrected chi connectivity index (χ4v) is 5.36. The minimum Gasteiger partial charge on any atom is -0.493 e. The van der Waals surface area contributed by atoms with E-state index in [-0.39, 0.29) is 12.2 Å². The Hall–Kier alpha value is -2.92. The molecule has 0 fully saturated rings. The zero-order chi connectivity index (χ0) is 25.1. The van der Waals surface area contributed by atoms with Gasteiger partial charge in [-0.1, -0.05) is 29.5 Å². The number of esters is 1. The van der Waals surface area contributed by atoms with Gasteiger partial charge in [-0.15, -0.1) is 0 Å². The van der Waals surface area contributed by atoms with Crippen LogP contribution in [-0.2, 0) is 9.53 Å². The maximum atomic E-state index is 13.7. The van der Waals surface area contributed by atoms with Gasteiger partial charge in [0.2, 0.25) is 0 Å². The minimum atomic E-state index is -0.714. The fourth-order valence-electron chi connectivity index (χ4n) is 3.95. The summed E-state index contributed by atoms with van der Waals surface area (Å²) in [7, 11) is 1.57. The van der Waals surface area contributed by atoms with Gasteiger partial charge in [-0.3, -0.25) is 9.36 Å². The van der Waals surface area contributed by atoms with E-state index in [2.05, 4.69) is 27.6 Å². The van der Waals surface area contributed by atoms with Crippen molar-refractivity contribution in [2.24, 2.45) is 4.99 Å². The van der Waals surface area contributed by atoms with Crippen molar-refractivity contribution in [1.82, 2.24) is 4.57 Å². The first kappa shape index (κ1) is 25.2. The maximum absolute atomic E-state index is 13.7. The Balaban J connectivity index is 1.96. The number of ether oxygens (including phenoxy) is 3. The number of benzene rings is 2. The largest absolute Gasteiger partial charge is 0.493 e. The summed E-state index contributed by atoms with van der Waals surface area (Å²) in [5.74, 6) is 0.603. The van der Waals surface area contributed by atoms with Crippen LogP contribution >= 0.6 is 33.9 Å². The Labute approximate surface area is 220 Å². The molecule has 7 nitrogen and oxygen atoms in total. The van der Waals surface area contributed by atoms with Crippen LogP contribution in [0.4, 0.5) is 0 Å². The average molecular weight is 604 g/mol. The number of halogens is 1. The third-order valence-corrected chi connectivity index (χ3v) is 7.19. The first-order chi connectivity index (χ1) is 16.9. The van der Waals surface area contributed by atoms with E-state index >= 15 is 0 Å². The van der Waals surface area contributed by atoms with Crippen LogP contribution in [0.1, 0.15) is 37.9 Å². The summed E-state index contributed by atoms with van der Waals surface area (Å²) in [4.78, 5) is 31.9. The number of rotatable bonds is 7. The molecule has 35 heavy (non-hydrogen) atoms. The molecule has 3 aromatic rings. The molecule has 0 aliphatic carbocycles. The molecule has 2 heterocycles. The van der Waals surface area contributed by atoms with Gasteiger partial charge in [0, 0.05) is 3.57 Å². The van der Waals surface area contributed by atoms with E-state index in [1.165, 1.54) is 11.3 Å². The van der Waals surface area contributed by atoms with Crippen LogP contribution in [0.2, 0.25) is 0 Å². The van der Waals surface area contributed by atoms with E-state index in [1.807, 2.05) is 43.3 Å². The van der Waals surface area contributed by atoms with Crippen LogP contribution in [0.25, 0.3) is 6.08 Å². The number of hydrogen-bond acceptors (Lipinski definition) is 7. The molecule has 0 spiro atoms. The third kappa shape index (κ3) is 5.06. The summed E-state index contributed by atoms with van der Waals surface area (Å²) in [6.07, 6.45) is 1.85. The minimum absolute atomic E-state index is 0.215. The Morgan fingerprint density at radius 3 is 2.54 bits per heavy atom. The number of hydrogen-bond donors (Lipinski definition) is 0. The first-order valence-corrected chi connectivity index (χ1v) is 13.0. The van der Waals surface area contributed by atoms with Crippen molar-refractivity contribution in [3.8, 4) is 11.5 Å². The number of fused-ring (bicyclic) bond motifs is 1. The van der Waals surface area contributed by atoms with Crippen LogP contribution in [-0.4, -0.2) is 30.9 Å². The Morgan fingerprint density at radius 2 is 1.89 bits per heavy atom. The molecule has 0 bridgehead atoms. The molecule has 1 aliphatic rings. The van der Waals surface area contributed by atoms with Gasteiger partial charge in [-0.25, -0.2) is 9.79 Å². The summed E-state index contributed by atoms with van der Waals surface area (Å²) in [6.45, 7) is 6.06. The highest BCUT2D eigenvalue weighted by Gasteiger charge is 2.33. The highest BCUT2D eigenvalue weighted by Crippen LogP contribution is 2.36. The summed E-state index contributed by atoms with van der Waals surface area (Å²) >= 11 is 3.54. The predicted octanol–water partition coefficient (Wildman–Crippen LogP) is 3.81. The van der Waals surface area contributed by atoms with Crippen molar-refractivity contribution in [2.45, 2.75) is 26.8 Å². The third-order valence-electron chi connectivity index (χ3n) is 5.49. The van der Waals surface area contributed by atoms with Gasteiger partial charge in [-0.2, -0.15) is 0 Å². The number of methoxy groups -OCH3 is 1. The predicted molar refractivity (Wildman–Crippen MR) is 144 cm³/mol. The van der Waals surface area contributed by atoms with Crippen molar-refractivity contribution in [3.63, 3.8) is 0 Å². The van der Waals surface area contributed by atoms with Crippen molar-refractivity contribution in [2.75, 3.05) is 20.3 Å². The van der Waals surface area contributed by atoms with E-state index in [0.29, 0.717) is 44.3 Å². The molecule has 1 aliphatic heterocycles. The number of nitrogens with zero attached hydrogens (tertiary/aromatic N) is 2. The second-order valence-electron chi connectivity index (χ2n) is 7.70. The molecular weight excluding hydrogens is 579 g/mol. The van der Waals surface area contributed by atoms with E-state index in [4.69, 9.17) is 14.2 Å². The number of carbonyl (C=O) groups is 1. The van der Waals surface area contributed by atoms with Gasteiger partial charge in [0.1, 0.15) is 0 Å². The van der Waals surface area contributed by atoms with Crippen molar-refractivity contribution in [3.05, 3.63) is 88.1 Å². The zero-order valence-corrected chi connectivity index (χ0v) is 22.8. The number of aromatic nitrogens is 1. The van der Waals surface area contributed by atoms with Crippen LogP contribution < -0.4 is 24.4 Å². The number of thiazole rings is 1. The normalized spacial score (nSPS) is 15.5. The molecule has 1 atom stereocenters. The smallest absolute Gasteiger partial charge is 0.338 e. The summed E-state index contributed by atoms with van der Waals surface area (Å²) in [5, 5.41) is 0. The van der Waals surface area contributed by atoms with Crippen molar-refractivity contribution < 1.29 is 19.0 Å². The Kier molecular flexibility index (Phi) is 7.75. The Morgan fingerprint density at radius 1 is 1.14 bits per heavy atom. The lowest BCUT2D eigenvalue weighted by atomic mass is 9.95. The second-order valence-corrected chi connectivity index (χ2v) is 9.95. The Bertz CT molecular complexity index is 1470.